The Bertz CT molecular complexity index is 1100. The van der Waals surface area contributed by atoms with Crippen molar-refractivity contribution in [1.29, 1.82) is 0 Å². The Morgan fingerprint density at radius 2 is 1.72 bits per heavy atom. The van der Waals surface area contributed by atoms with Gasteiger partial charge in [-0.1, -0.05) is 24.3 Å². The van der Waals surface area contributed by atoms with Crippen LogP contribution in [0.1, 0.15) is 28.8 Å². The van der Waals surface area contributed by atoms with Crippen LogP contribution in [-0.4, -0.2) is 28.3 Å². The van der Waals surface area contributed by atoms with Crippen molar-refractivity contribution in [3.05, 3.63) is 71.7 Å². The summed E-state index contributed by atoms with van der Waals surface area (Å²) in [5.41, 5.74) is 3.86. The molecule has 29 heavy (non-hydrogen) atoms. The maximum atomic E-state index is 12.8. The molecule has 1 aromatic heterocycles. The molecule has 0 radical (unpaired) electrons. The minimum atomic E-state index is -0.329. The highest BCUT2D eigenvalue weighted by Gasteiger charge is 2.22. The number of carbonyl (C=O) groups excluding carboxylic acids is 2. The van der Waals surface area contributed by atoms with Gasteiger partial charge in [0.05, 0.1) is 0 Å². The molecule has 0 aliphatic carbocycles. The van der Waals surface area contributed by atoms with Crippen LogP contribution in [0, 0.1) is 6.92 Å². The maximum absolute atomic E-state index is 12.8. The van der Waals surface area contributed by atoms with Crippen LogP contribution < -0.4 is 15.5 Å². The fourth-order valence-corrected chi connectivity index (χ4v) is 3.46. The van der Waals surface area contributed by atoms with Crippen LogP contribution in [0.2, 0.25) is 0 Å². The van der Waals surface area contributed by atoms with E-state index < -0.39 is 0 Å². The summed E-state index contributed by atoms with van der Waals surface area (Å²) in [4.78, 5) is 35.0. The van der Waals surface area contributed by atoms with E-state index in [0.717, 1.165) is 18.7 Å². The number of nitrogens with zero attached hydrogens (tertiary/aromatic N) is 3. The largest absolute Gasteiger partial charge is 0.326 e. The Labute approximate surface area is 168 Å². The van der Waals surface area contributed by atoms with Crippen molar-refractivity contribution in [2.24, 2.45) is 0 Å². The summed E-state index contributed by atoms with van der Waals surface area (Å²) in [6.07, 6.45) is 0.941. The van der Waals surface area contributed by atoms with Crippen molar-refractivity contribution < 1.29 is 9.59 Å². The van der Waals surface area contributed by atoms with Crippen molar-refractivity contribution in [3.8, 4) is 0 Å². The second-order valence-electron chi connectivity index (χ2n) is 6.91. The molecule has 0 unspecified atom stereocenters. The van der Waals surface area contributed by atoms with Gasteiger partial charge < -0.3 is 15.5 Å². The van der Waals surface area contributed by atoms with E-state index in [-0.39, 0.29) is 11.8 Å². The number of benzene rings is 2. The summed E-state index contributed by atoms with van der Waals surface area (Å²) in [5.74, 6) is 0.739. The maximum Gasteiger partial charge on any atom is 0.274 e. The van der Waals surface area contributed by atoms with Crippen LogP contribution >= 0.6 is 0 Å². The molecule has 1 aliphatic rings. The second kappa shape index (κ2) is 7.71. The number of nitrogens with one attached hydrogen (secondary N) is 2. The molecule has 2 N–H and O–H groups in total. The second-order valence-corrected chi connectivity index (χ2v) is 6.91. The number of hydrogen-bond acceptors (Lipinski definition) is 5. The minimum absolute atomic E-state index is 0.171. The first kappa shape index (κ1) is 18.6. The van der Waals surface area contributed by atoms with E-state index in [9.17, 15) is 9.59 Å². The zero-order valence-corrected chi connectivity index (χ0v) is 16.3. The Balaban J connectivity index is 1.58. The standard InChI is InChI=1S/C22H21N5O2/c1-14-23-19(22(29)26-18-8-5-7-17(12-18)25-15(2)28)13-21(24-14)27-11-10-16-6-3-4-9-20(16)27/h3-9,12-13H,10-11H2,1-2H3,(H,25,28)(H,26,29). The van der Waals surface area contributed by atoms with Gasteiger partial charge in [-0.15, -0.1) is 0 Å². The lowest BCUT2D eigenvalue weighted by Gasteiger charge is -2.19. The molecule has 3 aromatic rings. The molecule has 0 fully saturated rings. The minimum Gasteiger partial charge on any atom is -0.326 e. The summed E-state index contributed by atoms with van der Waals surface area (Å²) in [6.45, 7) is 4.03. The lowest BCUT2D eigenvalue weighted by molar-refractivity contribution is -0.114. The Kier molecular flexibility index (Phi) is 4.95. The van der Waals surface area contributed by atoms with Gasteiger partial charge in [-0.3, -0.25) is 9.59 Å². The van der Waals surface area contributed by atoms with Crippen molar-refractivity contribution in [2.45, 2.75) is 20.3 Å². The van der Waals surface area contributed by atoms with Crippen LogP contribution in [0.5, 0.6) is 0 Å². The molecular weight excluding hydrogens is 366 g/mol. The van der Waals surface area contributed by atoms with Gasteiger partial charge >= 0.3 is 0 Å². The molecule has 0 saturated heterocycles. The summed E-state index contributed by atoms with van der Waals surface area (Å²) in [7, 11) is 0. The fraction of sp³-hybridized carbons (Fsp3) is 0.182. The Hall–Kier alpha value is -3.74. The molecule has 0 spiro atoms. The van der Waals surface area contributed by atoms with E-state index in [2.05, 4.69) is 37.6 Å². The van der Waals surface area contributed by atoms with Gasteiger partial charge in [-0.2, -0.15) is 0 Å². The molecule has 0 saturated carbocycles. The van der Waals surface area contributed by atoms with Gasteiger partial charge in [-0.05, 0) is 43.2 Å². The number of aryl methyl sites for hydroxylation is 1. The van der Waals surface area contributed by atoms with E-state index in [0.29, 0.717) is 28.7 Å². The van der Waals surface area contributed by atoms with Crippen LogP contribution in [-0.2, 0) is 11.2 Å². The van der Waals surface area contributed by atoms with Crippen LogP contribution in [0.4, 0.5) is 22.9 Å². The van der Waals surface area contributed by atoms with Gasteiger partial charge in [0.25, 0.3) is 5.91 Å². The normalized spacial score (nSPS) is 12.4. The SMILES string of the molecule is CC(=O)Nc1cccc(NC(=O)c2cc(N3CCc4ccccc43)nc(C)n2)c1. The predicted octanol–water partition coefficient (Wildman–Crippen LogP) is 3.69. The van der Waals surface area contributed by atoms with E-state index in [1.54, 1.807) is 37.3 Å². The van der Waals surface area contributed by atoms with Crippen LogP contribution in [0.15, 0.2) is 54.6 Å². The van der Waals surface area contributed by atoms with Crippen molar-refractivity contribution >= 4 is 34.7 Å². The molecule has 2 heterocycles. The number of hydrogen-bond donors (Lipinski definition) is 2. The number of carbonyl (C=O) groups is 2. The quantitative estimate of drug-likeness (QED) is 0.713. The van der Waals surface area contributed by atoms with E-state index in [1.807, 2.05) is 12.1 Å². The number of fused-ring (bicyclic) bond motifs is 1. The predicted molar refractivity (Wildman–Crippen MR) is 113 cm³/mol. The van der Waals surface area contributed by atoms with Gasteiger partial charge in [0, 0.05) is 36.6 Å². The molecular formula is C22H21N5O2. The molecule has 2 amide bonds. The first-order chi connectivity index (χ1) is 14.0. The average molecular weight is 387 g/mol. The van der Waals surface area contributed by atoms with E-state index >= 15 is 0 Å². The third-order valence-electron chi connectivity index (χ3n) is 4.66. The van der Waals surface area contributed by atoms with Gasteiger partial charge in [0.1, 0.15) is 17.3 Å². The molecule has 7 nitrogen and oxygen atoms in total. The molecule has 7 heteroatoms. The monoisotopic (exact) mass is 387 g/mol. The van der Waals surface area contributed by atoms with Gasteiger partial charge in [-0.25, -0.2) is 9.97 Å². The zero-order valence-electron chi connectivity index (χ0n) is 16.3. The molecule has 2 aromatic carbocycles. The number of amides is 2. The van der Waals surface area contributed by atoms with Crippen LogP contribution in [0.25, 0.3) is 0 Å². The highest BCUT2D eigenvalue weighted by molar-refractivity contribution is 6.03. The summed E-state index contributed by atoms with van der Waals surface area (Å²) in [5, 5.41) is 5.54. The molecule has 1 aliphatic heterocycles. The number of aromatic nitrogens is 2. The summed E-state index contributed by atoms with van der Waals surface area (Å²) < 4.78 is 0. The van der Waals surface area contributed by atoms with E-state index in [4.69, 9.17) is 0 Å². The van der Waals surface area contributed by atoms with Crippen molar-refractivity contribution in [3.63, 3.8) is 0 Å². The van der Waals surface area contributed by atoms with Crippen LogP contribution in [0.3, 0.4) is 0 Å². The number of rotatable bonds is 4. The summed E-state index contributed by atoms with van der Waals surface area (Å²) >= 11 is 0. The van der Waals surface area contributed by atoms with Crippen molar-refractivity contribution in [1.82, 2.24) is 9.97 Å². The molecule has 146 valence electrons. The van der Waals surface area contributed by atoms with Gasteiger partial charge in [0.15, 0.2) is 0 Å². The average Bonchev–Trinajstić information content (AvgIpc) is 3.11. The lowest BCUT2D eigenvalue weighted by Crippen LogP contribution is -2.19. The highest BCUT2D eigenvalue weighted by atomic mass is 16.2. The Morgan fingerprint density at radius 1 is 0.966 bits per heavy atom. The smallest absolute Gasteiger partial charge is 0.274 e. The third-order valence-corrected chi connectivity index (χ3v) is 4.66. The Morgan fingerprint density at radius 3 is 2.52 bits per heavy atom. The third kappa shape index (κ3) is 4.08. The zero-order chi connectivity index (χ0) is 20.4. The van der Waals surface area contributed by atoms with Gasteiger partial charge in [0.2, 0.25) is 5.91 Å². The molecule has 0 atom stereocenters. The highest BCUT2D eigenvalue weighted by Crippen LogP contribution is 2.33. The first-order valence-electron chi connectivity index (χ1n) is 9.40. The lowest BCUT2D eigenvalue weighted by atomic mass is 10.2. The summed E-state index contributed by atoms with van der Waals surface area (Å²) in [6, 6.07) is 16.9. The first-order valence-corrected chi connectivity index (χ1v) is 9.40. The number of para-hydroxylation sites is 1. The molecule has 4 rings (SSSR count). The van der Waals surface area contributed by atoms with Crippen molar-refractivity contribution in [2.75, 3.05) is 22.1 Å². The van der Waals surface area contributed by atoms with E-state index in [1.165, 1.54) is 12.5 Å². The number of anilines is 4. The molecule has 0 bridgehead atoms. The fourth-order valence-electron chi connectivity index (χ4n) is 3.46. The topological polar surface area (TPSA) is 87.2 Å².